The van der Waals surface area contributed by atoms with Crippen LogP contribution in [0.3, 0.4) is 0 Å². The van der Waals surface area contributed by atoms with E-state index in [1.807, 2.05) is 18.2 Å². The Morgan fingerprint density at radius 2 is 2.14 bits per heavy atom. The van der Waals surface area contributed by atoms with Crippen molar-refractivity contribution >= 4 is 29.3 Å². The van der Waals surface area contributed by atoms with Gasteiger partial charge < -0.3 is 11.5 Å². The zero-order valence-corrected chi connectivity index (χ0v) is 9.02. The molecule has 3 nitrogen and oxygen atoms in total. The highest BCUT2D eigenvalue weighted by Gasteiger charge is 2.10. The fourth-order valence-electron chi connectivity index (χ4n) is 0.823. The second-order valence-corrected chi connectivity index (χ2v) is 4.22. The second kappa shape index (κ2) is 5.24. The summed E-state index contributed by atoms with van der Waals surface area (Å²) in [5, 5.41) is 0.661. The van der Waals surface area contributed by atoms with Gasteiger partial charge >= 0.3 is 0 Å². The van der Waals surface area contributed by atoms with Crippen molar-refractivity contribution in [2.24, 2.45) is 11.5 Å². The van der Waals surface area contributed by atoms with Crippen LogP contribution >= 0.6 is 23.4 Å². The molecule has 1 aromatic rings. The molecule has 0 spiro atoms. The van der Waals surface area contributed by atoms with Gasteiger partial charge in [0.2, 0.25) is 5.91 Å². The van der Waals surface area contributed by atoms with Gasteiger partial charge in [-0.05, 0) is 12.1 Å². The van der Waals surface area contributed by atoms with Crippen molar-refractivity contribution in [3.8, 4) is 0 Å². The molecule has 4 N–H and O–H groups in total. The van der Waals surface area contributed by atoms with E-state index in [0.717, 1.165) is 4.90 Å². The van der Waals surface area contributed by atoms with Crippen LogP contribution in [-0.2, 0) is 4.79 Å². The van der Waals surface area contributed by atoms with Crippen LogP contribution in [0.15, 0.2) is 29.2 Å². The molecule has 1 amide bonds. The minimum absolute atomic E-state index is 0.444. The van der Waals surface area contributed by atoms with Crippen molar-refractivity contribution in [3.63, 3.8) is 0 Å². The molecular weight excluding hydrogens is 220 g/mol. The lowest BCUT2D eigenvalue weighted by Gasteiger charge is -2.07. The number of amides is 1. The molecular formula is C9H11ClN2OS. The summed E-state index contributed by atoms with van der Waals surface area (Å²) < 4.78 is 0. The van der Waals surface area contributed by atoms with Crippen LogP contribution in [0.5, 0.6) is 0 Å². The van der Waals surface area contributed by atoms with E-state index in [2.05, 4.69) is 0 Å². The van der Waals surface area contributed by atoms with E-state index in [4.69, 9.17) is 23.1 Å². The van der Waals surface area contributed by atoms with Crippen molar-refractivity contribution in [1.82, 2.24) is 0 Å². The third-order valence-corrected chi connectivity index (χ3v) is 3.25. The molecule has 0 aliphatic rings. The molecule has 1 atom stereocenters. The lowest BCUT2D eigenvalue weighted by Crippen LogP contribution is -2.38. The number of thioether (sulfide) groups is 1. The van der Waals surface area contributed by atoms with Gasteiger partial charge in [-0.1, -0.05) is 23.7 Å². The van der Waals surface area contributed by atoms with E-state index < -0.39 is 11.9 Å². The van der Waals surface area contributed by atoms with Crippen molar-refractivity contribution in [3.05, 3.63) is 29.3 Å². The Kier molecular flexibility index (Phi) is 4.25. The van der Waals surface area contributed by atoms with E-state index in [1.54, 1.807) is 6.07 Å². The minimum atomic E-state index is -0.628. The molecule has 0 heterocycles. The van der Waals surface area contributed by atoms with Gasteiger partial charge in [0, 0.05) is 10.6 Å². The molecule has 0 saturated carbocycles. The monoisotopic (exact) mass is 230 g/mol. The molecule has 0 aliphatic heterocycles. The number of rotatable bonds is 4. The predicted molar refractivity (Wildman–Crippen MR) is 59.3 cm³/mol. The Hall–Kier alpha value is -0.710. The average Bonchev–Trinajstić information content (AvgIpc) is 2.16. The highest BCUT2D eigenvalue weighted by atomic mass is 35.5. The third kappa shape index (κ3) is 3.21. The lowest BCUT2D eigenvalue weighted by atomic mass is 10.3. The fourth-order valence-corrected chi connectivity index (χ4v) is 2.03. The van der Waals surface area contributed by atoms with Gasteiger partial charge in [0.25, 0.3) is 0 Å². The molecule has 0 saturated heterocycles. The van der Waals surface area contributed by atoms with Crippen LogP contribution in [0.1, 0.15) is 0 Å². The first-order valence-corrected chi connectivity index (χ1v) is 5.40. The summed E-state index contributed by atoms with van der Waals surface area (Å²) in [4.78, 5) is 11.6. The number of carbonyl (C=O) groups excluding carboxylic acids is 1. The summed E-state index contributed by atoms with van der Waals surface area (Å²) in [6.07, 6.45) is 0. The lowest BCUT2D eigenvalue weighted by molar-refractivity contribution is -0.118. The molecule has 0 aromatic heterocycles. The molecule has 14 heavy (non-hydrogen) atoms. The smallest absolute Gasteiger partial charge is 0.235 e. The Morgan fingerprint density at radius 3 is 2.71 bits per heavy atom. The number of carbonyl (C=O) groups is 1. The van der Waals surface area contributed by atoms with Crippen molar-refractivity contribution in [2.75, 3.05) is 5.75 Å². The van der Waals surface area contributed by atoms with Gasteiger partial charge in [0.1, 0.15) is 0 Å². The summed E-state index contributed by atoms with van der Waals surface area (Å²) in [7, 11) is 0. The number of primary amides is 1. The first-order valence-electron chi connectivity index (χ1n) is 4.03. The molecule has 1 aromatic carbocycles. The third-order valence-electron chi connectivity index (χ3n) is 1.62. The maximum atomic E-state index is 10.7. The van der Waals surface area contributed by atoms with Crippen molar-refractivity contribution in [1.29, 1.82) is 0 Å². The van der Waals surface area contributed by atoms with Gasteiger partial charge in [-0.2, -0.15) is 0 Å². The summed E-state index contributed by atoms with van der Waals surface area (Å²) in [5.41, 5.74) is 10.5. The van der Waals surface area contributed by atoms with Crippen LogP contribution in [0, 0.1) is 0 Å². The largest absolute Gasteiger partial charge is 0.368 e. The predicted octanol–water partition coefficient (Wildman–Crippen LogP) is 1.24. The van der Waals surface area contributed by atoms with E-state index in [-0.39, 0.29) is 0 Å². The molecule has 76 valence electrons. The number of nitrogens with two attached hydrogens (primary N) is 2. The zero-order chi connectivity index (χ0) is 10.6. The van der Waals surface area contributed by atoms with E-state index in [0.29, 0.717) is 10.8 Å². The minimum Gasteiger partial charge on any atom is -0.368 e. The maximum absolute atomic E-state index is 10.7. The van der Waals surface area contributed by atoms with Crippen LogP contribution in [-0.4, -0.2) is 17.7 Å². The molecule has 0 fully saturated rings. The topological polar surface area (TPSA) is 69.1 Å². The highest BCUT2D eigenvalue weighted by molar-refractivity contribution is 7.99. The van der Waals surface area contributed by atoms with E-state index in [9.17, 15) is 4.79 Å². The normalized spacial score (nSPS) is 12.4. The number of hydrogen-bond donors (Lipinski definition) is 2. The standard InChI is InChI=1S/C9H11ClN2OS/c10-6-3-1-2-4-8(6)14-5-7(11)9(12)13/h1-4,7H,5,11H2,(H2,12,13). The highest BCUT2D eigenvalue weighted by Crippen LogP contribution is 2.26. The van der Waals surface area contributed by atoms with Gasteiger partial charge in [0.15, 0.2) is 0 Å². The van der Waals surface area contributed by atoms with Crippen LogP contribution in [0.25, 0.3) is 0 Å². The van der Waals surface area contributed by atoms with E-state index >= 15 is 0 Å². The average molecular weight is 231 g/mol. The quantitative estimate of drug-likeness (QED) is 0.765. The SMILES string of the molecule is NC(=O)C(N)CSc1ccccc1Cl. The molecule has 0 aliphatic carbocycles. The summed E-state index contributed by atoms with van der Waals surface area (Å²) in [5.74, 6) is -0.0523. The van der Waals surface area contributed by atoms with Crippen molar-refractivity contribution < 1.29 is 4.79 Å². The fraction of sp³-hybridized carbons (Fsp3) is 0.222. The summed E-state index contributed by atoms with van der Waals surface area (Å²) in [6, 6.07) is 6.77. The van der Waals surface area contributed by atoms with Crippen LogP contribution in [0.4, 0.5) is 0 Å². The molecule has 0 radical (unpaired) electrons. The Balaban J connectivity index is 2.54. The summed E-state index contributed by atoms with van der Waals surface area (Å²) in [6.45, 7) is 0. The second-order valence-electron chi connectivity index (χ2n) is 2.75. The van der Waals surface area contributed by atoms with Gasteiger partial charge in [-0.15, -0.1) is 11.8 Å². The first-order chi connectivity index (χ1) is 6.61. The Morgan fingerprint density at radius 1 is 1.50 bits per heavy atom. The van der Waals surface area contributed by atoms with Crippen LogP contribution < -0.4 is 11.5 Å². The first kappa shape index (κ1) is 11.4. The van der Waals surface area contributed by atoms with Gasteiger partial charge in [0.05, 0.1) is 11.1 Å². The molecule has 1 rings (SSSR count). The van der Waals surface area contributed by atoms with E-state index in [1.165, 1.54) is 11.8 Å². The number of halogens is 1. The maximum Gasteiger partial charge on any atom is 0.235 e. The zero-order valence-electron chi connectivity index (χ0n) is 7.44. The molecule has 5 heteroatoms. The Labute approximate surface area is 91.8 Å². The van der Waals surface area contributed by atoms with Gasteiger partial charge in [-0.25, -0.2) is 0 Å². The van der Waals surface area contributed by atoms with Crippen LogP contribution in [0.2, 0.25) is 5.02 Å². The summed E-state index contributed by atoms with van der Waals surface area (Å²) >= 11 is 7.34. The molecule has 1 unspecified atom stereocenters. The van der Waals surface area contributed by atoms with Crippen molar-refractivity contribution in [2.45, 2.75) is 10.9 Å². The molecule has 0 bridgehead atoms. The Bertz CT molecular complexity index is 332. The van der Waals surface area contributed by atoms with Gasteiger partial charge in [-0.3, -0.25) is 4.79 Å². The number of benzene rings is 1. The number of hydrogen-bond acceptors (Lipinski definition) is 3.